The highest BCUT2D eigenvalue weighted by molar-refractivity contribution is 5.85. The van der Waals surface area contributed by atoms with E-state index < -0.39 is 0 Å². The molecule has 1 aromatic heterocycles. The van der Waals surface area contributed by atoms with Gasteiger partial charge >= 0.3 is 0 Å². The number of tetrazole rings is 1. The second-order valence-corrected chi connectivity index (χ2v) is 7.34. The fourth-order valence-corrected chi connectivity index (χ4v) is 3.76. The van der Waals surface area contributed by atoms with E-state index in [2.05, 4.69) is 45.4 Å². The molecule has 0 aliphatic carbocycles. The van der Waals surface area contributed by atoms with Crippen LogP contribution in [0.2, 0.25) is 0 Å². The van der Waals surface area contributed by atoms with Gasteiger partial charge in [0.25, 0.3) is 0 Å². The first-order chi connectivity index (χ1) is 13.7. The third-order valence-corrected chi connectivity index (χ3v) is 5.46. The quantitative estimate of drug-likeness (QED) is 0.612. The van der Waals surface area contributed by atoms with Gasteiger partial charge in [-0.25, -0.2) is 4.68 Å². The smallest absolute Gasteiger partial charge is 0.168 e. The number of aromatic nitrogens is 4. The molecule has 0 spiro atoms. The first kappa shape index (κ1) is 23.4. The molecule has 0 bridgehead atoms. The average Bonchev–Trinajstić information content (AvgIpc) is 3.19. The summed E-state index contributed by atoms with van der Waals surface area (Å²) in [6, 6.07) is 6.31. The lowest BCUT2D eigenvalue weighted by Gasteiger charge is -2.37. The van der Waals surface area contributed by atoms with E-state index in [1.54, 1.807) is 14.2 Å². The van der Waals surface area contributed by atoms with E-state index in [0.717, 1.165) is 69.3 Å². The Bertz CT molecular complexity index is 748. The Hall–Kier alpha value is -1.90. The molecule has 0 saturated carbocycles. The first-order valence-corrected chi connectivity index (χ1v) is 10.1. The number of halogens is 1. The predicted molar refractivity (Wildman–Crippen MR) is 115 cm³/mol. The molecule has 1 aliphatic heterocycles. The standard InChI is InChI=1S/C20H32N6O2.ClH/c1-5-6-17(25-13-11-24(2)12-14-25)20-21-22-23-26(20)10-9-16-7-8-18(27-3)19(15-16)28-4;/h7-8,15,17H,5-6,9-14H2,1-4H3;1H. The Kier molecular flexibility index (Phi) is 9.13. The highest BCUT2D eigenvalue weighted by atomic mass is 35.5. The van der Waals surface area contributed by atoms with Gasteiger partial charge in [0.15, 0.2) is 17.3 Å². The van der Waals surface area contributed by atoms with Crippen molar-refractivity contribution in [3.63, 3.8) is 0 Å². The van der Waals surface area contributed by atoms with Crippen molar-refractivity contribution in [2.75, 3.05) is 47.4 Å². The molecule has 2 heterocycles. The molecule has 1 fully saturated rings. The number of methoxy groups -OCH3 is 2. The first-order valence-electron chi connectivity index (χ1n) is 10.1. The molecule has 0 amide bonds. The summed E-state index contributed by atoms with van der Waals surface area (Å²) >= 11 is 0. The lowest BCUT2D eigenvalue weighted by atomic mass is 10.1. The number of piperazine rings is 1. The van der Waals surface area contributed by atoms with Crippen molar-refractivity contribution in [1.82, 2.24) is 30.0 Å². The minimum absolute atomic E-state index is 0. The van der Waals surface area contributed by atoms with Gasteiger partial charge in [0, 0.05) is 32.7 Å². The summed E-state index contributed by atoms with van der Waals surface area (Å²) in [6.45, 7) is 7.26. The van der Waals surface area contributed by atoms with Gasteiger partial charge in [-0.1, -0.05) is 19.4 Å². The van der Waals surface area contributed by atoms with Crippen LogP contribution >= 0.6 is 12.4 Å². The molecule has 1 aliphatic rings. The summed E-state index contributed by atoms with van der Waals surface area (Å²) < 4.78 is 12.7. The minimum Gasteiger partial charge on any atom is -0.493 e. The number of likely N-dealkylation sites (N-methyl/N-ethyl adjacent to an activating group) is 1. The maximum absolute atomic E-state index is 5.41. The normalized spacial score (nSPS) is 16.3. The lowest BCUT2D eigenvalue weighted by Crippen LogP contribution is -2.46. The molecule has 1 aromatic carbocycles. The number of ether oxygens (including phenoxy) is 2. The van der Waals surface area contributed by atoms with Crippen LogP contribution in [0.1, 0.15) is 37.2 Å². The van der Waals surface area contributed by atoms with Gasteiger partial charge in [-0.2, -0.15) is 0 Å². The van der Waals surface area contributed by atoms with Crippen molar-refractivity contribution < 1.29 is 9.47 Å². The second kappa shape index (κ2) is 11.3. The van der Waals surface area contributed by atoms with Crippen LogP contribution in [0.5, 0.6) is 11.5 Å². The highest BCUT2D eigenvalue weighted by Crippen LogP contribution is 2.28. The molecule has 1 atom stereocenters. The molecule has 1 unspecified atom stereocenters. The van der Waals surface area contributed by atoms with E-state index in [-0.39, 0.29) is 18.4 Å². The van der Waals surface area contributed by atoms with E-state index in [0.29, 0.717) is 0 Å². The number of rotatable bonds is 9. The minimum atomic E-state index is 0. The topological polar surface area (TPSA) is 68.5 Å². The van der Waals surface area contributed by atoms with E-state index in [1.807, 2.05) is 16.8 Å². The summed E-state index contributed by atoms with van der Waals surface area (Å²) in [7, 11) is 5.49. The highest BCUT2D eigenvalue weighted by Gasteiger charge is 2.27. The number of benzene rings is 1. The maximum Gasteiger partial charge on any atom is 0.168 e. The van der Waals surface area contributed by atoms with Gasteiger partial charge < -0.3 is 14.4 Å². The summed E-state index contributed by atoms with van der Waals surface area (Å²) in [6.07, 6.45) is 3.01. The third kappa shape index (κ3) is 5.81. The maximum atomic E-state index is 5.41. The summed E-state index contributed by atoms with van der Waals surface area (Å²) in [5.74, 6) is 2.47. The van der Waals surface area contributed by atoms with E-state index in [4.69, 9.17) is 9.47 Å². The van der Waals surface area contributed by atoms with Crippen LogP contribution in [0, 0.1) is 0 Å². The van der Waals surface area contributed by atoms with Crippen molar-refractivity contribution in [2.45, 2.75) is 38.8 Å². The zero-order valence-corrected chi connectivity index (χ0v) is 18.7. The Balaban J connectivity index is 0.00000300. The fourth-order valence-electron chi connectivity index (χ4n) is 3.76. The van der Waals surface area contributed by atoms with E-state index in [1.165, 1.54) is 5.56 Å². The molecule has 0 N–H and O–H groups in total. The van der Waals surface area contributed by atoms with Crippen molar-refractivity contribution in [1.29, 1.82) is 0 Å². The van der Waals surface area contributed by atoms with Gasteiger partial charge in [-0.3, -0.25) is 4.90 Å². The van der Waals surface area contributed by atoms with Crippen LogP contribution in [0.25, 0.3) is 0 Å². The van der Waals surface area contributed by atoms with Gasteiger partial charge in [-0.15, -0.1) is 17.5 Å². The zero-order chi connectivity index (χ0) is 19.9. The molecule has 0 radical (unpaired) electrons. The van der Waals surface area contributed by atoms with Gasteiger partial charge in [0.2, 0.25) is 0 Å². The lowest BCUT2D eigenvalue weighted by molar-refractivity contribution is 0.0994. The Morgan fingerprint density at radius 3 is 2.45 bits per heavy atom. The van der Waals surface area contributed by atoms with Gasteiger partial charge in [-0.05, 0) is 48.0 Å². The van der Waals surface area contributed by atoms with Crippen LogP contribution in [0.4, 0.5) is 0 Å². The Labute approximate surface area is 179 Å². The zero-order valence-electron chi connectivity index (χ0n) is 17.9. The molecule has 2 aromatic rings. The molecule has 9 heteroatoms. The number of hydrogen-bond acceptors (Lipinski definition) is 7. The summed E-state index contributed by atoms with van der Waals surface area (Å²) in [5.41, 5.74) is 1.17. The Morgan fingerprint density at radius 2 is 1.79 bits per heavy atom. The molecule has 29 heavy (non-hydrogen) atoms. The number of nitrogens with zero attached hydrogens (tertiary/aromatic N) is 6. The summed E-state index contributed by atoms with van der Waals surface area (Å²) in [5, 5.41) is 12.7. The van der Waals surface area contributed by atoms with Crippen LogP contribution in [0.15, 0.2) is 18.2 Å². The van der Waals surface area contributed by atoms with Crippen molar-refractivity contribution >= 4 is 12.4 Å². The van der Waals surface area contributed by atoms with E-state index in [9.17, 15) is 0 Å². The Morgan fingerprint density at radius 1 is 1.07 bits per heavy atom. The largest absolute Gasteiger partial charge is 0.493 e. The van der Waals surface area contributed by atoms with Crippen molar-refractivity contribution in [2.24, 2.45) is 0 Å². The van der Waals surface area contributed by atoms with Crippen molar-refractivity contribution in [3.8, 4) is 11.5 Å². The van der Waals surface area contributed by atoms with Gasteiger partial charge in [0.05, 0.1) is 20.3 Å². The molecule has 3 rings (SSSR count). The monoisotopic (exact) mass is 424 g/mol. The average molecular weight is 425 g/mol. The molecule has 162 valence electrons. The molecule has 8 nitrogen and oxygen atoms in total. The summed E-state index contributed by atoms with van der Waals surface area (Å²) in [4.78, 5) is 4.90. The van der Waals surface area contributed by atoms with Crippen LogP contribution in [-0.2, 0) is 13.0 Å². The third-order valence-electron chi connectivity index (χ3n) is 5.46. The molecule has 1 saturated heterocycles. The van der Waals surface area contributed by atoms with Crippen LogP contribution in [0.3, 0.4) is 0 Å². The van der Waals surface area contributed by atoms with Gasteiger partial charge in [0.1, 0.15) is 0 Å². The van der Waals surface area contributed by atoms with Crippen molar-refractivity contribution in [3.05, 3.63) is 29.6 Å². The fraction of sp³-hybridized carbons (Fsp3) is 0.650. The predicted octanol–water partition coefficient (Wildman–Crippen LogP) is 2.44. The van der Waals surface area contributed by atoms with Crippen LogP contribution in [-0.4, -0.2) is 77.5 Å². The number of aryl methyl sites for hydroxylation is 2. The molecular weight excluding hydrogens is 392 g/mol. The SMILES string of the molecule is CCCC(c1nnnn1CCc1ccc(OC)c(OC)c1)N1CCN(C)CC1.Cl. The van der Waals surface area contributed by atoms with Crippen LogP contribution < -0.4 is 9.47 Å². The second-order valence-electron chi connectivity index (χ2n) is 7.34. The molecular formula is C20H33ClN6O2. The number of hydrogen-bond donors (Lipinski definition) is 0. The van der Waals surface area contributed by atoms with E-state index >= 15 is 0 Å².